The lowest BCUT2D eigenvalue weighted by Gasteiger charge is -2.30. The average molecular weight is 274 g/mol. The molecule has 1 aliphatic rings. The van der Waals surface area contributed by atoms with Crippen molar-refractivity contribution in [1.29, 1.82) is 0 Å². The first kappa shape index (κ1) is 14.4. The highest BCUT2D eigenvalue weighted by atomic mass is 16.5. The van der Waals surface area contributed by atoms with E-state index >= 15 is 0 Å². The zero-order valence-corrected chi connectivity index (χ0v) is 12.1. The number of nitrogens with one attached hydrogen (secondary N) is 1. The average Bonchev–Trinajstić information content (AvgIpc) is 2.48. The second-order valence-electron chi connectivity index (χ2n) is 5.11. The number of benzene rings is 1. The largest absolute Gasteiger partial charge is 0.497 e. The van der Waals surface area contributed by atoms with Crippen LogP contribution in [0.15, 0.2) is 30.5 Å². The minimum absolute atomic E-state index is 0.565. The molecule has 0 saturated carbocycles. The third-order valence-electron chi connectivity index (χ3n) is 3.86. The van der Waals surface area contributed by atoms with Crippen LogP contribution < -0.4 is 10.1 Å². The molecular formula is C16H22N2O2. The Bertz CT molecular complexity index is 485. The molecule has 0 aromatic heterocycles. The predicted molar refractivity (Wildman–Crippen MR) is 80.9 cm³/mol. The maximum Gasteiger partial charge on any atom is 0.211 e. The fourth-order valence-electron chi connectivity index (χ4n) is 2.63. The number of carbonyl (C=O) groups excluding carboxylic acids is 1. The van der Waals surface area contributed by atoms with Gasteiger partial charge in [0.05, 0.1) is 7.11 Å². The van der Waals surface area contributed by atoms with E-state index in [0.717, 1.165) is 42.7 Å². The summed E-state index contributed by atoms with van der Waals surface area (Å²) >= 11 is 0. The fraction of sp³-hybridized carbons (Fsp3) is 0.438. The fourth-order valence-corrected chi connectivity index (χ4v) is 2.63. The summed E-state index contributed by atoms with van der Waals surface area (Å²) in [6, 6.07) is 6.33. The minimum atomic E-state index is 0.565. The van der Waals surface area contributed by atoms with Gasteiger partial charge < -0.3 is 15.0 Å². The van der Waals surface area contributed by atoms with Gasteiger partial charge in [-0.1, -0.05) is 6.08 Å². The van der Waals surface area contributed by atoms with Crippen LogP contribution in [0.2, 0.25) is 0 Å². The number of hydrogen-bond donors (Lipinski definition) is 1. The van der Waals surface area contributed by atoms with Crippen molar-refractivity contribution in [1.82, 2.24) is 4.90 Å². The molecule has 0 saturated heterocycles. The number of ether oxygens (including phenoxy) is 1. The molecule has 1 unspecified atom stereocenters. The molecule has 1 atom stereocenters. The van der Waals surface area contributed by atoms with Crippen molar-refractivity contribution in [2.45, 2.75) is 31.7 Å². The second kappa shape index (κ2) is 6.98. The van der Waals surface area contributed by atoms with Crippen molar-refractivity contribution in [3.63, 3.8) is 0 Å². The summed E-state index contributed by atoms with van der Waals surface area (Å²) in [5.74, 6) is 0.827. The van der Waals surface area contributed by atoms with Gasteiger partial charge in [-0.2, -0.15) is 0 Å². The summed E-state index contributed by atoms with van der Waals surface area (Å²) in [6.07, 6.45) is 9.42. The Hall–Kier alpha value is -1.97. The van der Waals surface area contributed by atoms with E-state index in [9.17, 15) is 4.79 Å². The second-order valence-corrected chi connectivity index (χ2v) is 5.11. The molecule has 1 amide bonds. The monoisotopic (exact) mass is 274 g/mol. The van der Waals surface area contributed by atoms with Crippen LogP contribution in [0, 0.1) is 0 Å². The van der Waals surface area contributed by atoms with Crippen LogP contribution in [-0.2, 0) is 11.2 Å². The number of hydrogen-bond acceptors (Lipinski definition) is 3. The Morgan fingerprint density at radius 2 is 2.35 bits per heavy atom. The number of aryl methyl sites for hydroxylation is 1. The normalized spacial score (nSPS) is 17.9. The number of amides is 1. The third kappa shape index (κ3) is 3.53. The van der Waals surface area contributed by atoms with E-state index in [4.69, 9.17) is 4.74 Å². The van der Waals surface area contributed by atoms with Crippen LogP contribution in [0.3, 0.4) is 0 Å². The smallest absolute Gasteiger partial charge is 0.211 e. The molecule has 20 heavy (non-hydrogen) atoms. The van der Waals surface area contributed by atoms with E-state index in [1.807, 2.05) is 18.2 Å². The Balaban J connectivity index is 2.06. The Kier molecular flexibility index (Phi) is 5.04. The SMILES string of the molecule is COc1ccc(NC=O)c(CCC2CCC=CN2C)c1. The van der Waals surface area contributed by atoms with Crippen LogP contribution in [0.1, 0.15) is 24.8 Å². The first-order chi connectivity index (χ1) is 9.74. The molecule has 1 aliphatic heterocycles. The minimum Gasteiger partial charge on any atom is -0.497 e. The summed E-state index contributed by atoms with van der Waals surface area (Å²) in [5.41, 5.74) is 1.99. The number of nitrogens with zero attached hydrogens (tertiary/aromatic N) is 1. The summed E-state index contributed by atoms with van der Waals surface area (Å²) in [4.78, 5) is 13.0. The van der Waals surface area contributed by atoms with Gasteiger partial charge in [0, 0.05) is 18.8 Å². The molecule has 1 aromatic carbocycles. The first-order valence-electron chi connectivity index (χ1n) is 7.00. The standard InChI is InChI=1S/C16H22N2O2/c1-18-10-4-3-5-14(18)7-6-13-11-15(20-2)8-9-16(13)17-12-19/h4,8-12,14H,3,5-7H2,1-2H3,(H,17,19). The van der Waals surface area contributed by atoms with Gasteiger partial charge in [-0.25, -0.2) is 0 Å². The molecule has 108 valence electrons. The molecule has 0 bridgehead atoms. The lowest BCUT2D eigenvalue weighted by atomic mass is 9.98. The topological polar surface area (TPSA) is 41.6 Å². The van der Waals surface area contributed by atoms with Gasteiger partial charge in [0.1, 0.15) is 5.75 Å². The van der Waals surface area contributed by atoms with Crippen molar-refractivity contribution < 1.29 is 9.53 Å². The van der Waals surface area contributed by atoms with Gasteiger partial charge in [-0.05, 0) is 55.6 Å². The highest BCUT2D eigenvalue weighted by Crippen LogP contribution is 2.25. The molecule has 0 spiro atoms. The van der Waals surface area contributed by atoms with Crippen LogP contribution in [0.4, 0.5) is 5.69 Å². The van der Waals surface area contributed by atoms with Crippen LogP contribution >= 0.6 is 0 Å². The molecule has 2 rings (SSSR count). The Labute approximate surface area is 120 Å². The number of rotatable bonds is 6. The van der Waals surface area contributed by atoms with Crippen molar-refractivity contribution in [2.75, 3.05) is 19.5 Å². The van der Waals surface area contributed by atoms with Gasteiger partial charge in [0.2, 0.25) is 6.41 Å². The summed E-state index contributed by atoms with van der Waals surface area (Å²) in [6.45, 7) is 0. The molecular weight excluding hydrogens is 252 g/mol. The van der Waals surface area contributed by atoms with Crippen LogP contribution in [0.5, 0.6) is 5.75 Å². The van der Waals surface area contributed by atoms with E-state index in [1.54, 1.807) is 7.11 Å². The van der Waals surface area contributed by atoms with Crippen molar-refractivity contribution in [3.8, 4) is 5.75 Å². The van der Waals surface area contributed by atoms with Gasteiger partial charge in [-0.15, -0.1) is 0 Å². The van der Waals surface area contributed by atoms with Crippen molar-refractivity contribution in [2.24, 2.45) is 0 Å². The molecule has 1 heterocycles. The highest BCUT2D eigenvalue weighted by Gasteiger charge is 2.15. The van der Waals surface area contributed by atoms with E-state index in [0.29, 0.717) is 6.04 Å². The van der Waals surface area contributed by atoms with Crippen LogP contribution in [-0.4, -0.2) is 31.5 Å². The molecule has 1 N–H and O–H groups in total. The number of allylic oxidation sites excluding steroid dienone is 1. The lowest BCUT2D eigenvalue weighted by molar-refractivity contribution is -0.105. The molecule has 0 radical (unpaired) electrons. The predicted octanol–water partition coefficient (Wildman–Crippen LogP) is 2.80. The maximum absolute atomic E-state index is 10.7. The number of methoxy groups -OCH3 is 1. The zero-order valence-electron chi connectivity index (χ0n) is 12.1. The summed E-state index contributed by atoms with van der Waals surface area (Å²) < 4.78 is 5.26. The van der Waals surface area contributed by atoms with E-state index in [1.165, 1.54) is 6.42 Å². The van der Waals surface area contributed by atoms with Crippen molar-refractivity contribution >= 4 is 12.1 Å². The Morgan fingerprint density at radius 3 is 3.05 bits per heavy atom. The highest BCUT2D eigenvalue weighted by molar-refractivity contribution is 5.73. The van der Waals surface area contributed by atoms with E-state index < -0.39 is 0 Å². The zero-order chi connectivity index (χ0) is 14.4. The summed E-state index contributed by atoms with van der Waals surface area (Å²) in [7, 11) is 3.78. The van der Waals surface area contributed by atoms with E-state index in [2.05, 4.69) is 29.5 Å². The van der Waals surface area contributed by atoms with Gasteiger partial charge in [0.25, 0.3) is 0 Å². The van der Waals surface area contributed by atoms with Crippen molar-refractivity contribution in [3.05, 3.63) is 36.0 Å². The van der Waals surface area contributed by atoms with Gasteiger partial charge >= 0.3 is 0 Å². The Morgan fingerprint density at radius 1 is 1.50 bits per heavy atom. The lowest BCUT2D eigenvalue weighted by Crippen LogP contribution is -2.29. The number of anilines is 1. The van der Waals surface area contributed by atoms with Gasteiger partial charge in [0.15, 0.2) is 0 Å². The third-order valence-corrected chi connectivity index (χ3v) is 3.86. The summed E-state index contributed by atoms with van der Waals surface area (Å²) in [5, 5.41) is 2.76. The first-order valence-corrected chi connectivity index (χ1v) is 7.00. The molecule has 0 aliphatic carbocycles. The molecule has 4 nitrogen and oxygen atoms in total. The quantitative estimate of drug-likeness (QED) is 0.811. The molecule has 4 heteroatoms. The maximum atomic E-state index is 10.7. The van der Waals surface area contributed by atoms with Crippen LogP contribution in [0.25, 0.3) is 0 Å². The molecule has 1 aromatic rings. The molecule has 0 fully saturated rings. The number of carbonyl (C=O) groups is 1. The van der Waals surface area contributed by atoms with E-state index in [-0.39, 0.29) is 0 Å². The van der Waals surface area contributed by atoms with Gasteiger partial charge in [-0.3, -0.25) is 4.79 Å².